The molecule has 8 fully saturated rings. The Balaban J connectivity index is 1.34. The van der Waals surface area contributed by atoms with Crippen molar-refractivity contribution in [1.82, 2.24) is 4.72 Å². The standard InChI is InChI=1S/C32H48NOPS/c1-21(33-36(34)30(2,3)4)28-7-5-6-8-29(28)35(31-15-22-9-23(16-31)11-24(10-22)17-31)32-18-25-12-26(19-32)14-27(13-25)20-32/h5-8,21-27,33H,9-20H2,1-4H3/t21?,22?,23?,24?,25?,26?,27?,31?,32?,35?,36-/m1/s1. The predicted octanol–water partition coefficient (Wildman–Crippen LogP) is 7.84. The predicted molar refractivity (Wildman–Crippen MR) is 154 cm³/mol. The van der Waals surface area contributed by atoms with E-state index in [1.54, 1.807) is 5.30 Å². The van der Waals surface area contributed by atoms with Crippen molar-refractivity contribution >= 4 is 24.2 Å². The second-order valence-electron chi connectivity index (χ2n) is 15.4. The molecule has 0 aliphatic heterocycles. The summed E-state index contributed by atoms with van der Waals surface area (Å²) >= 11 is 0. The van der Waals surface area contributed by atoms with Crippen LogP contribution in [0.5, 0.6) is 0 Å². The van der Waals surface area contributed by atoms with Crippen LogP contribution in [0.25, 0.3) is 0 Å². The van der Waals surface area contributed by atoms with E-state index < -0.39 is 11.0 Å². The molecule has 1 aromatic carbocycles. The highest BCUT2D eigenvalue weighted by Crippen LogP contribution is 2.78. The van der Waals surface area contributed by atoms with E-state index >= 15 is 0 Å². The van der Waals surface area contributed by atoms with E-state index in [1.807, 2.05) is 0 Å². The van der Waals surface area contributed by atoms with E-state index in [9.17, 15) is 4.21 Å². The Kier molecular flexibility index (Phi) is 5.94. The maximum atomic E-state index is 13.2. The van der Waals surface area contributed by atoms with Crippen LogP contribution in [-0.4, -0.2) is 19.3 Å². The van der Waals surface area contributed by atoms with Crippen molar-refractivity contribution in [2.24, 2.45) is 35.5 Å². The second-order valence-corrected chi connectivity index (χ2v) is 20.4. The van der Waals surface area contributed by atoms with E-state index in [-0.39, 0.29) is 18.7 Å². The zero-order valence-electron chi connectivity index (χ0n) is 23.1. The molecule has 0 saturated heterocycles. The Hall–Kier alpha value is -0.240. The summed E-state index contributed by atoms with van der Waals surface area (Å²) in [7, 11) is -1.30. The van der Waals surface area contributed by atoms with Gasteiger partial charge in [-0.3, -0.25) is 0 Å². The monoisotopic (exact) mass is 525 g/mol. The fourth-order valence-electron chi connectivity index (χ4n) is 11.1. The van der Waals surface area contributed by atoms with Gasteiger partial charge in [-0.25, -0.2) is 8.93 Å². The van der Waals surface area contributed by atoms with Crippen LogP contribution in [0, 0.1) is 35.5 Å². The molecule has 8 bridgehead atoms. The first-order valence-electron chi connectivity index (χ1n) is 15.2. The van der Waals surface area contributed by atoms with Crippen LogP contribution >= 0.6 is 7.92 Å². The Morgan fingerprint density at radius 3 is 1.56 bits per heavy atom. The highest BCUT2D eigenvalue weighted by atomic mass is 32.2. The molecule has 9 rings (SSSR count). The maximum absolute atomic E-state index is 13.2. The summed E-state index contributed by atoms with van der Waals surface area (Å²) in [6.07, 6.45) is 18.4. The van der Waals surface area contributed by atoms with Gasteiger partial charge in [0.05, 0.1) is 15.7 Å². The van der Waals surface area contributed by atoms with Gasteiger partial charge in [0.1, 0.15) is 0 Å². The van der Waals surface area contributed by atoms with Gasteiger partial charge >= 0.3 is 0 Å². The third-order valence-electron chi connectivity index (χ3n) is 11.4. The fraction of sp³-hybridized carbons (Fsp3) is 0.812. The molecule has 8 saturated carbocycles. The van der Waals surface area contributed by atoms with Crippen LogP contribution in [-0.2, 0) is 11.0 Å². The largest absolute Gasteiger partial charge is 0.242 e. The zero-order valence-corrected chi connectivity index (χ0v) is 24.8. The molecule has 0 heterocycles. The Morgan fingerprint density at radius 2 is 1.17 bits per heavy atom. The smallest absolute Gasteiger partial charge is 0.0975 e. The molecule has 4 heteroatoms. The van der Waals surface area contributed by atoms with Crippen molar-refractivity contribution in [2.45, 2.75) is 126 Å². The van der Waals surface area contributed by atoms with Gasteiger partial charge in [-0.1, -0.05) is 32.2 Å². The lowest BCUT2D eigenvalue weighted by molar-refractivity contribution is 0.0195. The molecule has 2 nitrogen and oxygen atoms in total. The number of benzene rings is 1. The van der Waals surface area contributed by atoms with Gasteiger partial charge in [-0.2, -0.15) is 0 Å². The Morgan fingerprint density at radius 1 is 0.778 bits per heavy atom. The van der Waals surface area contributed by atoms with Crippen molar-refractivity contribution in [2.75, 3.05) is 0 Å². The zero-order chi connectivity index (χ0) is 24.9. The van der Waals surface area contributed by atoms with E-state index in [4.69, 9.17) is 0 Å². The minimum absolute atomic E-state index is 0.133. The molecule has 1 unspecified atom stereocenters. The van der Waals surface area contributed by atoms with Gasteiger partial charge in [-0.15, -0.1) is 0 Å². The fourth-order valence-corrected chi connectivity index (χ4v) is 17.4. The summed E-state index contributed by atoms with van der Waals surface area (Å²) in [4.78, 5) is 0. The summed E-state index contributed by atoms with van der Waals surface area (Å²) in [6, 6.07) is 9.71. The van der Waals surface area contributed by atoms with Crippen molar-refractivity contribution in [1.29, 1.82) is 0 Å². The maximum Gasteiger partial charge on any atom is 0.0975 e. The molecule has 0 radical (unpaired) electrons. The third-order valence-corrected chi connectivity index (χ3v) is 17.0. The van der Waals surface area contributed by atoms with Crippen LogP contribution in [0.3, 0.4) is 0 Å². The van der Waals surface area contributed by atoms with Crippen molar-refractivity contribution in [3.05, 3.63) is 29.8 Å². The summed E-state index contributed by atoms with van der Waals surface area (Å²) in [5.41, 5.74) is 1.48. The van der Waals surface area contributed by atoms with E-state index in [2.05, 4.69) is 56.7 Å². The van der Waals surface area contributed by atoms with Gasteiger partial charge in [0.2, 0.25) is 0 Å². The quantitative estimate of drug-likeness (QED) is 0.377. The van der Waals surface area contributed by atoms with Crippen molar-refractivity contribution in [3.8, 4) is 0 Å². The summed E-state index contributed by atoms with van der Waals surface area (Å²) in [6.45, 7) is 8.56. The molecule has 2 atom stereocenters. The highest BCUT2D eigenvalue weighted by Gasteiger charge is 2.63. The first kappa shape index (κ1) is 24.8. The van der Waals surface area contributed by atoms with Crippen LogP contribution in [0.15, 0.2) is 24.3 Å². The molecule has 8 aliphatic carbocycles. The van der Waals surface area contributed by atoms with Gasteiger partial charge in [0.25, 0.3) is 0 Å². The molecule has 8 aliphatic rings. The first-order chi connectivity index (χ1) is 17.1. The SMILES string of the molecule is CC(N[S@](=O)C(C)(C)C)c1ccccc1P(C12CC3CC(CC(C3)C1)C2)C12CC3CC(CC(C3)C1)C2. The van der Waals surface area contributed by atoms with Crippen molar-refractivity contribution < 1.29 is 4.21 Å². The van der Waals surface area contributed by atoms with Gasteiger partial charge in [0.15, 0.2) is 0 Å². The van der Waals surface area contributed by atoms with Crippen LogP contribution in [0.4, 0.5) is 0 Å². The van der Waals surface area contributed by atoms with Crippen LogP contribution < -0.4 is 10.0 Å². The molecule has 0 amide bonds. The average Bonchev–Trinajstić information content (AvgIpc) is 2.76. The normalized spacial score (nSPS) is 45.1. The summed E-state index contributed by atoms with van der Waals surface area (Å²) in [5.74, 6) is 6.03. The minimum atomic E-state index is -1.05. The number of hydrogen-bond donors (Lipinski definition) is 1. The molecule has 0 spiro atoms. The molecule has 0 aromatic heterocycles. The van der Waals surface area contributed by atoms with Gasteiger partial charge < -0.3 is 0 Å². The van der Waals surface area contributed by atoms with Gasteiger partial charge in [0, 0.05) is 6.04 Å². The topological polar surface area (TPSA) is 29.1 Å². The number of rotatable bonds is 6. The van der Waals surface area contributed by atoms with Crippen molar-refractivity contribution in [3.63, 3.8) is 0 Å². The second kappa shape index (κ2) is 8.63. The molecular formula is C32H48NOPS. The molecule has 36 heavy (non-hydrogen) atoms. The molecule has 198 valence electrons. The van der Waals surface area contributed by atoms with Crippen LogP contribution in [0.2, 0.25) is 0 Å². The number of hydrogen-bond acceptors (Lipinski definition) is 1. The lowest BCUT2D eigenvalue weighted by atomic mass is 9.55. The molecular weight excluding hydrogens is 477 g/mol. The van der Waals surface area contributed by atoms with E-state index in [0.29, 0.717) is 10.3 Å². The van der Waals surface area contributed by atoms with Crippen LogP contribution in [0.1, 0.15) is 116 Å². The third kappa shape index (κ3) is 4.03. The Bertz CT molecular complexity index is 928. The summed E-state index contributed by atoms with van der Waals surface area (Å²) in [5, 5.41) is 2.88. The average molecular weight is 526 g/mol. The van der Waals surface area contributed by atoms with E-state index in [0.717, 1.165) is 35.5 Å². The molecule has 1 aromatic rings. The van der Waals surface area contributed by atoms with E-state index in [1.165, 1.54) is 82.6 Å². The Labute approximate surface area is 223 Å². The summed E-state index contributed by atoms with van der Waals surface area (Å²) < 4.78 is 16.5. The number of nitrogens with one attached hydrogen (secondary N) is 1. The van der Waals surface area contributed by atoms with Gasteiger partial charge in [-0.05, 0) is 161 Å². The highest BCUT2D eigenvalue weighted by molar-refractivity contribution is 7.84. The lowest BCUT2D eigenvalue weighted by Crippen LogP contribution is -2.58. The molecule has 1 N–H and O–H groups in total. The lowest BCUT2D eigenvalue weighted by Gasteiger charge is -2.67. The minimum Gasteiger partial charge on any atom is -0.242 e. The first-order valence-corrected chi connectivity index (χ1v) is 17.7.